The van der Waals surface area contributed by atoms with Crippen molar-refractivity contribution in [1.82, 2.24) is 9.13 Å². The molecule has 1 aromatic carbocycles. The van der Waals surface area contributed by atoms with Crippen LogP contribution in [0.1, 0.15) is 17.0 Å². The first-order valence-electron chi connectivity index (χ1n) is 7.74. The van der Waals surface area contributed by atoms with Crippen molar-refractivity contribution in [1.29, 1.82) is 0 Å². The van der Waals surface area contributed by atoms with Gasteiger partial charge >= 0.3 is 5.69 Å². The van der Waals surface area contributed by atoms with Gasteiger partial charge in [0.25, 0.3) is 11.2 Å². The van der Waals surface area contributed by atoms with E-state index in [4.69, 9.17) is 9.47 Å². The molecule has 0 fully saturated rings. The van der Waals surface area contributed by atoms with Gasteiger partial charge in [0.1, 0.15) is 5.75 Å². The van der Waals surface area contributed by atoms with E-state index in [1.807, 2.05) is 0 Å². The molecule has 1 aromatic heterocycles. The lowest BCUT2D eigenvalue weighted by Gasteiger charge is -2.37. The van der Waals surface area contributed by atoms with Crippen LogP contribution >= 0.6 is 0 Å². The Kier molecular flexibility index (Phi) is 3.21. The quantitative estimate of drug-likeness (QED) is 0.551. The highest BCUT2D eigenvalue weighted by Crippen LogP contribution is 2.46. The monoisotopic (exact) mass is 345 g/mol. The van der Waals surface area contributed by atoms with Crippen LogP contribution in [-0.4, -0.2) is 27.3 Å². The molecule has 0 amide bonds. The van der Waals surface area contributed by atoms with Gasteiger partial charge in [-0.05, 0) is 6.07 Å². The molecule has 3 heterocycles. The maximum atomic E-state index is 12.8. The normalized spacial score (nSPS) is 20.6. The van der Waals surface area contributed by atoms with Crippen LogP contribution in [0.5, 0.6) is 11.6 Å². The maximum Gasteiger partial charge on any atom is 0.333 e. The third kappa shape index (κ3) is 2.08. The Morgan fingerprint density at radius 1 is 1.16 bits per heavy atom. The number of non-ortho nitro benzene ring substituents is 1. The van der Waals surface area contributed by atoms with Crippen molar-refractivity contribution in [3.05, 3.63) is 60.3 Å². The van der Waals surface area contributed by atoms with Crippen LogP contribution in [0, 0.1) is 16.0 Å². The average molecular weight is 345 g/mol. The van der Waals surface area contributed by atoms with Crippen LogP contribution in [0.25, 0.3) is 0 Å². The zero-order valence-electron chi connectivity index (χ0n) is 13.6. The number of nitro groups is 1. The standard InChI is InChI=1S/C16H15N3O6/c1-17-14(20)13-12-8(7-25-15(13)18(2)16(17)21)6-24-11-4-3-9(19(22)23)5-10(11)12/h3-5,8,12H,6-7H2,1-2H3. The van der Waals surface area contributed by atoms with Crippen molar-refractivity contribution < 1.29 is 14.4 Å². The highest BCUT2D eigenvalue weighted by atomic mass is 16.6. The van der Waals surface area contributed by atoms with E-state index in [-0.39, 0.29) is 24.1 Å². The second-order valence-electron chi connectivity index (χ2n) is 6.26. The molecular formula is C16H15N3O6. The number of benzene rings is 1. The first-order chi connectivity index (χ1) is 11.9. The molecule has 0 aliphatic carbocycles. The Balaban J connectivity index is 2.02. The predicted octanol–water partition coefficient (Wildman–Crippen LogP) is 0.525. The summed E-state index contributed by atoms with van der Waals surface area (Å²) < 4.78 is 13.7. The summed E-state index contributed by atoms with van der Waals surface area (Å²) in [6.07, 6.45) is 0. The van der Waals surface area contributed by atoms with Crippen LogP contribution < -0.4 is 20.7 Å². The van der Waals surface area contributed by atoms with Crippen LogP contribution in [0.3, 0.4) is 0 Å². The zero-order chi connectivity index (χ0) is 17.9. The summed E-state index contributed by atoms with van der Waals surface area (Å²) in [7, 11) is 2.94. The third-order valence-corrected chi connectivity index (χ3v) is 4.85. The molecule has 0 bridgehead atoms. The minimum atomic E-state index is -0.483. The largest absolute Gasteiger partial charge is 0.493 e. The van der Waals surface area contributed by atoms with Gasteiger partial charge in [-0.3, -0.25) is 24.0 Å². The van der Waals surface area contributed by atoms with E-state index < -0.39 is 22.1 Å². The van der Waals surface area contributed by atoms with Crippen molar-refractivity contribution in [3.63, 3.8) is 0 Å². The molecule has 0 radical (unpaired) electrons. The molecule has 4 rings (SSSR count). The molecule has 0 N–H and O–H groups in total. The smallest absolute Gasteiger partial charge is 0.333 e. The average Bonchev–Trinajstić information content (AvgIpc) is 2.62. The van der Waals surface area contributed by atoms with E-state index >= 15 is 0 Å². The Morgan fingerprint density at radius 3 is 2.60 bits per heavy atom. The lowest BCUT2D eigenvalue weighted by atomic mass is 9.78. The van der Waals surface area contributed by atoms with Crippen LogP contribution in [-0.2, 0) is 14.1 Å². The fourth-order valence-corrected chi connectivity index (χ4v) is 3.58. The van der Waals surface area contributed by atoms with Crippen molar-refractivity contribution in [2.45, 2.75) is 5.92 Å². The lowest BCUT2D eigenvalue weighted by Crippen LogP contribution is -2.46. The van der Waals surface area contributed by atoms with Crippen LogP contribution in [0.4, 0.5) is 5.69 Å². The third-order valence-electron chi connectivity index (χ3n) is 4.85. The molecule has 130 valence electrons. The van der Waals surface area contributed by atoms with Gasteiger partial charge in [0.05, 0.1) is 23.7 Å². The predicted molar refractivity (Wildman–Crippen MR) is 86.3 cm³/mol. The number of ether oxygens (including phenoxy) is 2. The number of hydrogen-bond acceptors (Lipinski definition) is 6. The van der Waals surface area contributed by atoms with Crippen molar-refractivity contribution in [3.8, 4) is 11.6 Å². The molecule has 0 saturated carbocycles. The summed E-state index contributed by atoms with van der Waals surface area (Å²) in [6.45, 7) is 0.598. The van der Waals surface area contributed by atoms with Crippen LogP contribution in [0.2, 0.25) is 0 Å². The lowest BCUT2D eigenvalue weighted by molar-refractivity contribution is -0.385. The Labute approximate surface area is 141 Å². The topological polar surface area (TPSA) is 106 Å². The summed E-state index contributed by atoms with van der Waals surface area (Å²) >= 11 is 0. The van der Waals surface area contributed by atoms with E-state index in [1.165, 1.54) is 30.8 Å². The summed E-state index contributed by atoms with van der Waals surface area (Å²) in [4.78, 5) is 35.6. The number of nitrogens with zero attached hydrogens (tertiary/aromatic N) is 3. The Hall–Kier alpha value is -3.10. The molecule has 9 nitrogen and oxygen atoms in total. The van der Waals surface area contributed by atoms with Gasteiger partial charge in [-0.15, -0.1) is 0 Å². The van der Waals surface area contributed by atoms with Crippen molar-refractivity contribution in [2.75, 3.05) is 13.2 Å². The van der Waals surface area contributed by atoms with E-state index in [0.29, 0.717) is 23.5 Å². The first kappa shape index (κ1) is 15.4. The Bertz CT molecular complexity index is 1020. The second-order valence-corrected chi connectivity index (χ2v) is 6.26. The SMILES string of the molecule is Cn1c2c(c(=O)n(C)c1=O)C1c3cc([N+](=O)[O-])ccc3OCC1CO2. The maximum absolute atomic E-state index is 12.8. The van der Waals surface area contributed by atoms with Gasteiger partial charge < -0.3 is 9.47 Å². The number of rotatable bonds is 1. The summed E-state index contributed by atoms with van der Waals surface area (Å²) in [6, 6.07) is 4.36. The zero-order valence-corrected chi connectivity index (χ0v) is 13.6. The van der Waals surface area contributed by atoms with E-state index in [2.05, 4.69) is 0 Å². The van der Waals surface area contributed by atoms with E-state index in [9.17, 15) is 19.7 Å². The number of aromatic nitrogens is 2. The van der Waals surface area contributed by atoms with Crippen molar-refractivity contribution >= 4 is 5.69 Å². The summed E-state index contributed by atoms with van der Waals surface area (Å²) in [5.74, 6) is 0.148. The molecule has 9 heteroatoms. The number of hydrogen-bond donors (Lipinski definition) is 0. The molecule has 0 spiro atoms. The molecule has 25 heavy (non-hydrogen) atoms. The highest BCUT2D eigenvalue weighted by Gasteiger charge is 2.41. The van der Waals surface area contributed by atoms with E-state index in [1.54, 1.807) is 6.07 Å². The fourth-order valence-electron chi connectivity index (χ4n) is 3.58. The molecule has 2 unspecified atom stereocenters. The van der Waals surface area contributed by atoms with E-state index in [0.717, 1.165) is 4.57 Å². The molecule has 2 aliphatic rings. The molecule has 2 aliphatic heterocycles. The fraction of sp³-hybridized carbons (Fsp3) is 0.375. The minimum Gasteiger partial charge on any atom is -0.493 e. The summed E-state index contributed by atoms with van der Waals surface area (Å²) in [5, 5.41) is 11.1. The van der Waals surface area contributed by atoms with Gasteiger partial charge in [0.15, 0.2) is 0 Å². The molecule has 2 aromatic rings. The van der Waals surface area contributed by atoms with Crippen molar-refractivity contribution in [2.24, 2.45) is 20.0 Å². The van der Waals surface area contributed by atoms with Gasteiger partial charge in [-0.2, -0.15) is 0 Å². The van der Waals surface area contributed by atoms with Gasteiger partial charge in [0.2, 0.25) is 5.88 Å². The number of fused-ring (bicyclic) bond motifs is 5. The van der Waals surface area contributed by atoms with Gasteiger partial charge in [-0.1, -0.05) is 0 Å². The minimum absolute atomic E-state index is 0.0716. The molecular weight excluding hydrogens is 330 g/mol. The Morgan fingerprint density at radius 2 is 1.88 bits per heavy atom. The second kappa shape index (κ2) is 5.20. The summed E-state index contributed by atoms with van der Waals surface area (Å²) in [5.41, 5.74) is -0.0879. The molecule has 0 saturated heterocycles. The van der Waals surface area contributed by atoms with Crippen LogP contribution in [0.15, 0.2) is 27.8 Å². The molecule has 2 atom stereocenters. The highest BCUT2D eigenvalue weighted by molar-refractivity contribution is 5.52. The number of nitro benzene ring substituents is 1. The van der Waals surface area contributed by atoms with Gasteiger partial charge in [-0.25, -0.2) is 4.79 Å². The first-order valence-corrected chi connectivity index (χ1v) is 7.74. The van der Waals surface area contributed by atoms with Gasteiger partial charge in [0, 0.05) is 43.6 Å².